The fraction of sp³-hybridized carbons (Fsp3) is 0.321. The number of carbonyl (C=O) groups is 1. The van der Waals surface area contributed by atoms with Crippen molar-refractivity contribution in [2.75, 3.05) is 32.5 Å². The maximum absolute atomic E-state index is 13.0. The van der Waals surface area contributed by atoms with Crippen molar-refractivity contribution in [3.63, 3.8) is 0 Å². The third kappa shape index (κ3) is 5.87. The maximum Gasteiger partial charge on any atom is 0.251 e. The van der Waals surface area contributed by atoms with Crippen molar-refractivity contribution >= 4 is 17.8 Å². The van der Waals surface area contributed by atoms with Gasteiger partial charge in [0.25, 0.3) is 5.91 Å². The lowest BCUT2D eigenvalue weighted by Crippen LogP contribution is -2.43. The number of ether oxygens (including phenoxy) is 1. The highest BCUT2D eigenvalue weighted by Gasteiger charge is 2.20. The molecule has 0 spiro atoms. The number of hydrogen-bond acceptors (Lipinski definition) is 6. The second-order valence-electron chi connectivity index (χ2n) is 8.90. The predicted octanol–water partition coefficient (Wildman–Crippen LogP) is 4.97. The first-order valence-electron chi connectivity index (χ1n) is 12.1. The van der Waals surface area contributed by atoms with E-state index in [1.165, 1.54) is 6.21 Å². The first-order chi connectivity index (χ1) is 17.0. The second kappa shape index (κ2) is 11.1. The standard InChI is InChI=1S/C28H33N5O2/c1-4-19-15-20(6-8-25(19)28(34)32-22-10-13-33(3)14-11-22)27-17-24(9-12-31-27)35-23-7-5-21(18-29)26(16-23)30-2/h5-9,12,15-18,22,29-30H,4,10-11,13-14H2,1-3H3,(H,32,34). The topological polar surface area (TPSA) is 90.3 Å². The van der Waals surface area contributed by atoms with Crippen molar-refractivity contribution in [2.24, 2.45) is 0 Å². The van der Waals surface area contributed by atoms with Gasteiger partial charge in [-0.25, -0.2) is 0 Å². The minimum atomic E-state index is 0.00158. The van der Waals surface area contributed by atoms with Crippen molar-refractivity contribution < 1.29 is 9.53 Å². The van der Waals surface area contributed by atoms with Gasteiger partial charge in [-0.15, -0.1) is 0 Å². The normalized spacial score (nSPS) is 14.4. The molecule has 0 saturated carbocycles. The van der Waals surface area contributed by atoms with E-state index in [1.54, 1.807) is 6.20 Å². The summed E-state index contributed by atoms with van der Waals surface area (Å²) in [5, 5.41) is 13.8. The molecular formula is C28H33N5O2. The molecule has 2 heterocycles. The van der Waals surface area contributed by atoms with Crippen LogP contribution in [0.1, 0.15) is 41.3 Å². The van der Waals surface area contributed by atoms with E-state index in [4.69, 9.17) is 10.1 Å². The molecule has 4 rings (SSSR count). The van der Waals surface area contributed by atoms with Crippen molar-refractivity contribution in [1.82, 2.24) is 15.2 Å². The lowest BCUT2D eigenvalue weighted by molar-refractivity contribution is 0.0916. The maximum atomic E-state index is 13.0. The van der Waals surface area contributed by atoms with Gasteiger partial charge < -0.3 is 25.7 Å². The number of likely N-dealkylation sites (tertiary alicyclic amines) is 1. The van der Waals surface area contributed by atoms with Gasteiger partial charge in [-0.3, -0.25) is 9.78 Å². The number of piperidine rings is 1. The van der Waals surface area contributed by atoms with Crippen LogP contribution in [-0.2, 0) is 6.42 Å². The molecule has 0 unspecified atom stereocenters. The first kappa shape index (κ1) is 24.4. The minimum absolute atomic E-state index is 0.00158. The van der Waals surface area contributed by atoms with Crippen LogP contribution in [-0.4, -0.2) is 55.2 Å². The summed E-state index contributed by atoms with van der Waals surface area (Å²) in [6, 6.07) is 15.4. The van der Waals surface area contributed by atoms with Crippen LogP contribution in [0.2, 0.25) is 0 Å². The molecule has 1 aliphatic rings. The van der Waals surface area contributed by atoms with Crippen LogP contribution in [0.15, 0.2) is 54.7 Å². The summed E-state index contributed by atoms with van der Waals surface area (Å²) in [5.74, 6) is 1.34. The van der Waals surface area contributed by atoms with E-state index < -0.39 is 0 Å². The van der Waals surface area contributed by atoms with E-state index in [-0.39, 0.29) is 11.9 Å². The number of benzene rings is 2. The quantitative estimate of drug-likeness (QED) is 0.404. The van der Waals surface area contributed by atoms with Crippen molar-refractivity contribution in [1.29, 1.82) is 5.41 Å². The number of aryl methyl sites for hydroxylation is 1. The van der Waals surface area contributed by atoms with Gasteiger partial charge in [0.2, 0.25) is 0 Å². The van der Waals surface area contributed by atoms with Crippen LogP contribution in [0.4, 0.5) is 5.69 Å². The van der Waals surface area contributed by atoms with Crippen molar-refractivity contribution in [2.45, 2.75) is 32.2 Å². The Balaban J connectivity index is 1.52. The van der Waals surface area contributed by atoms with E-state index in [9.17, 15) is 4.79 Å². The smallest absolute Gasteiger partial charge is 0.251 e. The molecule has 3 aromatic rings. The summed E-state index contributed by atoms with van der Waals surface area (Å²) >= 11 is 0. The summed E-state index contributed by atoms with van der Waals surface area (Å²) in [4.78, 5) is 19.8. The number of nitrogens with zero attached hydrogens (tertiary/aromatic N) is 2. The number of rotatable bonds is 8. The molecule has 7 nitrogen and oxygen atoms in total. The summed E-state index contributed by atoms with van der Waals surface area (Å²) in [6.07, 6.45) is 5.76. The van der Waals surface area contributed by atoms with Crippen LogP contribution < -0.4 is 15.4 Å². The first-order valence-corrected chi connectivity index (χ1v) is 12.1. The lowest BCUT2D eigenvalue weighted by atomic mass is 9.98. The highest BCUT2D eigenvalue weighted by atomic mass is 16.5. The Hall–Kier alpha value is -3.71. The minimum Gasteiger partial charge on any atom is -0.457 e. The van der Waals surface area contributed by atoms with Gasteiger partial charge in [0.1, 0.15) is 11.5 Å². The highest BCUT2D eigenvalue weighted by molar-refractivity contribution is 5.96. The monoisotopic (exact) mass is 471 g/mol. The fourth-order valence-corrected chi connectivity index (χ4v) is 4.39. The number of anilines is 1. The molecule has 1 aliphatic heterocycles. The number of amides is 1. The van der Waals surface area contributed by atoms with Crippen LogP contribution in [0.5, 0.6) is 11.5 Å². The van der Waals surface area contributed by atoms with E-state index in [1.807, 2.05) is 55.6 Å². The molecule has 1 saturated heterocycles. The van der Waals surface area contributed by atoms with Gasteiger partial charge in [0.15, 0.2) is 0 Å². The van der Waals surface area contributed by atoms with Crippen LogP contribution in [0.25, 0.3) is 11.3 Å². The molecule has 0 atom stereocenters. The molecular weight excluding hydrogens is 438 g/mol. The Morgan fingerprint density at radius 2 is 1.91 bits per heavy atom. The van der Waals surface area contributed by atoms with Gasteiger partial charge in [0, 0.05) is 60.0 Å². The molecule has 2 aromatic carbocycles. The Bertz CT molecular complexity index is 1200. The number of hydrogen-bond donors (Lipinski definition) is 3. The lowest BCUT2D eigenvalue weighted by Gasteiger charge is -2.29. The van der Waals surface area contributed by atoms with Crippen LogP contribution in [0, 0.1) is 5.41 Å². The SMILES string of the molecule is CCc1cc(-c2cc(Oc3ccc(C=N)c(NC)c3)ccn2)ccc1C(=O)NC1CCN(C)CC1. The molecule has 35 heavy (non-hydrogen) atoms. The Morgan fingerprint density at radius 3 is 2.63 bits per heavy atom. The van der Waals surface area contributed by atoms with Crippen molar-refractivity contribution in [3.05, 3.63) is 71.4 Å². The number of nitrogens with one attached hydrogen (secondary N) is 3. The number of pyridine rings is 1. The van der Waals surface area contributed by atoms with E-state index in [2.05, 4.69) is 34.5 Å². The molecule has 3 N–H and O–H groups in total. The Labute approximate surface area is 207 Å². The number of aromatic nitrogens is 1. The Kier molecular flexibility index (Phi) is 7.77. The summed E-state index contributed by atoms with van der Waals surface area (Å²) in [7, 11) is 3.94. The molecule has 1 amide bonds. The molecule has 182 valence electrons. The molecule has 0 aliphatic carbocycles. The van der Waals surface area contributed by atoms with E-state index in [0.717, 1.165) is 66.0 Å². The van der Waals surface area contributed by atoms with E-state index in [0.29, 0.717) is 11.5 Å². The average Bonchev–Trinajstić information content (AvgIpc) is 2.89. The molecule has 0 radical (unpaired) electrons. The predicted molar refractivity (Wildman–Crippen MR) is 141 cm³/mol. The molecule has 1 fully saturated rings. The summed E-state index contributed by atoms with van der Waals surface area (Å²) in [6.45, 7) is 4.09. The van der Waals surface area contributed by atoms with E-state index >= 15 is 0 Å². The second-order valence-corrected chi connectivity index (χ2v) is 8.90. The molecule has 0 bridgehead atoms. The fourth-order valence-electron chi connectivity index (χ4n) is 4.39. The van der Waals surface area contributed by atoms with Gasteiger partial charge in [-0.2, -0.15) is 0 Å². The van der Waals surface area contributed by atoms with Gasteiger partial charge >= 0.3 is 0 Å². The highest BCUT2D eigenvalue weighted by Crippen LogP contribution is 2.29. The van der Waals surface area contributed by atoms with Crippen LogP contribution in [0.3, 0.4) is 0 Å². The van der Waals surface area contributed by atoms with Gasteiger partial charge in [0.05, 0.1) is 5.69 Å². The third-order valence-corrected chi connectivity index (χ3v) is 6.50. The van der Waals surface area contributed by atoms with Gasteiger partial charge in [-0.1, -0.05) is 13.0 Å². The van der Waals surface area contributed by atoms with Crippen LogP contribution >= 0.6 is 0 Å². The zero-order valence-corrected chi connectivity index (χ0v) is 20.6. The van der Waals surface area contributed by atoms with Crippen molar-refractivity contribution in [3.8, 4) is 22.8 Å². The van der Waals surface area contributed by atoms with Gasteiger partial charge in [-0.05, 0) is 75.3 Å². The average molecular weight is 472 g/mol. The summed E-state index contributed by atoms with van der Waals surface area (Å²) < 4.78 is 6.07. The number of carbonyl (C=O) groups excluding carboxylic acids is 1. The zero-order chi connectivity index (χ0) is 24.8. The third-order valence-electron chi connectivity index (χ3n) is 6.50. The molecule has 7 heteroatoms. The Morgan fingerprint density at radius 1 is 1.14 bits per heavy atom. The summed E-state index contributed by atoms with van der Waals surface area (Å²) in [5.41, 5.74) is 5.08. The zero-order valence-electron chi connectivity index (χ0n) is 20.6. The largest absolute Gasteiger partial charge is 0.457 e. The molecule has 1 aromatic heterocycles.